The molecule has 0 aromatic rings. The van der Waals surface area contributed by atoms with Crippen LogP contribution in [-0.4, -0.2) is 36.7 Å². The van der Waals surface area contributed by atoms with E-state index in [2.05, 4.69) is 0 Å². The first-order valence-electron chi connectivity index (χ1n) is 5.63. The minimum absolute atomic E-state index is 0.201. The molecule has 1 unspecified atom stereocenters. The van der Waals surface area contributed by atoms with E-state index in [4.69, 9.17) is 20.9 Å². The molecule has 6 nitrogen and oxygen atoms in total. The lowest BCUT2D eigenvalue weighted by molar-refractivity contribution is -0.148. The number of hydrogen-bond acceptors (Lipinski definition) is 5. The van der Waals surface area contributed by atoms with Crippen molar-refractivity contribution >= 4 is 11.9 Å². The number of amides is 1. The summed E-state index contributed by atoms with van der Waals surface area (Å²) in [5.41, 5.74) is 10.00. The maximum Gasteiger partial charge on any atom is 0.323 e. The van der Waals surface area contributed by atoms with Crippen LogP contribution in [0, 0.1) is 0 Å². The van der Waals surface area contributed by atoms with Gasteiger partial charge < -0.3 is 20.9 Å². The van der Waals surface area contributed by atoms with Crippen molar-refractivity contribution in [3.05, 3.63) is 0 Å². The van der Waals surface area contributed by atoms with Crippen molar-refractivity contribution in [2.45, 2.75) is 45.3 Å². The summed E-state index contributed by atoms with van der Waals surface area (Å²) in [6, 6.07) is -0.984. The third-order valence-electron chi connectivity index (χ3n) is 2.21. The Morgan fingerprint density at radius 2 is 1.94 bits per heavy atom. The summed E-state index contributed by atoms with van der Waals surface area (Å²) in [7, 11) is 0. The topological polar surface area (TPSA) is 105 Å². The Bertz CT molecular complexity index is 266. The first-order chi connectivity index (χ1) is 7.78. The second kappa shape index (κ2) is 7.24. The SMILES string of the molecule is CCOC(C)(C)CCOC(=O)C(N)CC(N)=O. The number of carbonyl (C=O) groups excluding carboxylic acids is 2. The average Bonchev–Trinajstić information content (AvgIpc) is 2.15. The van der Waals surface area contributed by atoms with Gasteiger partial charge in [-0.1, -0.05) is 0 Å². The summed E-state index contributed by atoms with van der Waals surface area (Å²) in [5, 5.41) is 0. The van der Waals surface area contributed by atoms with Crippen molar-refractivity contribution in [2.24, 2.45) is 11.5 Å². The molecule has 0 heterocycles. The van der Waals surface area contributed by atoms with E-state index in [1.165, 1.54) is 0 Å². The van der Waals surface area contributed by atoms with Crippen molar-refractivity contribution < 1.29 is 19.1 Å². The molecule has 4 N–H and O–H groups in total. The molecule has 0 aliphatic rings. The molecule has 0 aliphatic carbocycles. The first-order valence-corrected chi connectivity index (χ1v) is 5.63. The number of primary amides is 1. The van der Waals surface area contributed by atoms with Crippen LogP contribution >= 0.6 is 0 Å². The fourth-order valence-electron chi connectivity index (χ4n) is 1.27. The predicted molar refractivity (Wildman–Crippen MR) is 63.1 cm³/mol. The minimum atomic E-state index is -0.984. The molecule has 0 bridgehead atoms. The van der Waals surface area contributed by atoms with Crippen LogP contribution in [-0.2, 0) is 19.1 Å². The largest absolute Gasteiger partial charge is 0.464 e. The number of esters is 1. The average molecular weight is 246 g/mol. The van der Waals surface area contributed by atoms with Crippen molar-refractivity contribution in [1.82, 2.24) is 0 Å². The third kappa shape index (κ3) is 7.70. The Morgan fingerprint density at radius 3 is 2.41 bits per heavy atom. The quantitative estimate of drug-likeness (QED) is 0.584. The standard InChI is InChI=1S/C11H22N2O4/c1-4-17-11(2,3)5-6-16-10(15)8(12)7-9(13)14/h8H,4-7,12H2,1-3H3,(H2,13,14). The maximum atomic E-state index is 11.3. The number of hydrogen-bond donors (Lipinski definition) is 2. The first kappa shape index (κ1) is 15.9. The third-order valence-corrected chi connectivity index (χ3v) is 2.21. The fourth-order valence-corrected chi connectivity index (χ4v) is 1.27. The van der Waals surface area contributed by atoms with E-state index in [0.717, 1.165) is 0 Å². The second-order valence-electron chi connectivity index (χ2n) is 4.39. The number of ether oxygens (including phenoxy) is 2. The van der Waals surface area contributed by atoms with Crippen LogP contribution in [0.25, 0.3) is 0 Å². The zero-order valence-corrected chi connectivity index (χ0v) is 10.7. The van der Waals surface area contributed by atoms with Crippen LogP contribution in [0.2, 0.25) is 0 Å². The molecule has 1 atom stereocenters. The molecule has 0 saturated carbocycles. The summed E-state index contributed by atoms with van der Waals surface area (Å²) in [5.74, 6) is -1.24. The smallest absolute Gasteiger partial charge is 0.323 e. The van der Waals surface area contributed by atoms with E-state index >= 15 is 0 Å². The molecule has 0 aliphatic heterocycles. The summed E-state index contributed by atoms with van der Waals surface area (Å²) < 4.78 is 10.4. The molecule has 0 rings (SSSR count). The van der Waals surface area contributed by atoms with Crippen molar-refractivity contribution in [3.8, 4) is 0 Å². The Labute approximate surface area is 102 Å². The van der Waals surface area contributed by atoms with E-state index in [9.17, 15) is 9.59 Å². The van der Waals surface area contributed by atoms with Gasteiger partial charge in [0.2, 0.25) is 5.91 Å². The van der Waals surface area contributed by atoms with Gasteiger partial charge in [0.15, 0.2) is 0 Å². The Morgan fingerprint density at radius 1 is 1.35 bits per heavy atom. The highest BCUT2D eigenvalue weighted by atomic mass is 16.5. The van der Waals surface area contributed by atoms with E-state index < -0.39 is 17.9 Å². The number of rotatable bonds is 8. The van der Waals surface area contributed by atoms with E-state index in [0.29, 0.717) is 13.0 Å². The van der Waals surface area contributed by atoms with E-state index in [1.807, 2.05) is 20.8 Å². The lowest BCUT2D eigenvalue weighted by Crippen LogP contribution is -2.37. The Kier molecular flexibility index (Phi) is 6.75. The predicted octanol–water partition coefficient (Wildman–Crippen LogP) is -0.0625. The monoisotopic (exact) mass is 246 g/mol. The van der Waals surface area contributed by atoms with Gasteiger partial charge >= 0.3 is 5.97 Å². The summed E-state index contributed by atoms with van der Waals surface area (Å²) in [4.78, 5) is 21.9. The lowest BCUT2D eigenvalue weighted by Gasteiger charge is -2.24. The summed E-state index contributed by atoms with van der Waals surface area (Å²) in [6.45, 7) is 6.53. The molecule has 0 aromatic carbocycles. The molecule has 0 fully saturated rings. The Balaban J connectivity index is 3.88. The minimum Gasteiger partial charge on any atom is -0.464 e. The van der Waals surface area contributed by atoms with Crippen LogP contribution in [0.4, 0.5) is 0 Å². The van der Waals surface area contributed by atoms with Gasteiger partial charge in [0, 0.05) is 13.0 Å². The van der Waals surface area contributed by atoms with Crippen LogP contribution < -0.4 is 11.5 Å². The van der Waals surface area contributed by atoms with Crippen molar-refractivity contribution in [1.29, 1.82) is 0 Å². The molecular formula is C11H22N2O4. The van der Waals surface area contributed by atoms with Crippen LogP contribution in [0.15, 0.2) is 0 Å². The molecule has 0 radical (unpaired) electrons. The molecule has 100 valence electrons. The van der Waals surface area contributed by atoms with Crippen molar-refractivity contribution in [3.63, 3.8) is 0 Å². The number of carbonyl (C=O) groups is 2. The highest BCUT2D eigenvalue weighted by molar-refractivity contribution is 5.84. The second-order valence-corrected chi connectivity index (χ2v) is 4.39. The van der Waals surface area contributed by atoms with Crippen molar-refractivity contribution in [2.75, 3.05) is 13.2 Å². The van der Waals surface area contributed by atoms with Gasteiger partial charge in [-0.25, -0.2) is 0 Å². The van der Waals surface area contributed by atoms with Crippen LogP contribution in [0.1, 0.15) is 33.6 Å². The molecule has 17 heavy (non-hydrogen) atoms. The van der Waals surface area contributed by atoms with Gasteiger partial charge in [-0.2, -0.15) is 0 Å². The molecule has 6 heteroatoms. The van der Waals surface area contributed by atoms with Gasteiger partial charge in [0.1, 0.15) is 6.04 Å². The zero-order valence-electron chi connectivity index (χ0n) is 10.7. The van der Waals surface area contributed by atoms with Gasteiger partial charge in [-0.3, -0.25) is 9.59 Å². The van der Waals surface area contributed by atoms with Gasteiger partial charge in [0.25, 0.3) is 0 Å². The van der Waals surface area contributed by atoms with Gasteiger partial charge in [0.05, 0.1) is 18.6 Å². The van der Waals surface area contributed by atoms with Crippen LogP contribution in [0.3, 0.4) is 0 Å². The van der Waals surface area contributed by atoms with Gasteiger partial charge in [-0.05, 0) is 20.8 Å². The molecule has 0 saturated heterocycles. The fraction of sp³-hybridized carbons (Fsp3) is 0.818. The lowest BCUT2D eigenvalue weighted by atomic mass is 10.1. The highest BCUT2D eigenvalue weighted by Crippen LogP contribution is 2.14. The molecule has 1 amide bonds. The van der Waals surface area contributed by atoms with E-state index in [-0.39, 0.29) is 18.6 Å². The van der Waals surface area contributed by atoms with E-state index in [1.54, 1.807) is 0 Å². The highest BCUT2D eigenvalue weighted by Gasteiger charge is 2.21. The van der Waals surface area contributed by atoms with Crippen LogP contribution in [0.5, 0.6) is 0 Å². The molecule has 0 aromatic heterocycles. The summed E-state index contributed by atoms with van der Waals surface area (Å²) >= 11 is 0. The molecule has 0 spiro atoms. The Hall–Kier alpha value is -1.14. The molecular weight excluding hydrogens is 224 g/mol. The normalized spacial score (nSPS) is 13.2. The number of nitrogens with two attached hydrogens (primary N) is 2. The maximum absolute atomic E-state index is 11.3. The summed E-state index contributed by atoms with van der Waals surface area (Å²) in [6.07, 6.45) is 0.365. The van der Waals surface area contributed by atoms with Gasteiger partial charge in [-0.15, -0.1) is 0 Å². The zero-order chi connectivity index (χ0) is 13.5.